The number of nitrogens with zero attached hydrogens (tertiary/aromatic N) is 2. The molecule has 0 amide bonds. The van der Waals surface area contributed by atoms with Gasteiger partial charge in [0.15, 0.2) is 5.16 Å². The van der Waals surface area contributed by atoms with Gasteiger partial charge in [-0.05, 0) is 42.5 Å². The second-order valence-corrected chi connectivity index (χ2v) is 8.07. The number of rotatable bonds is 6. The van der Waals surface area contributed by atoms with Crippen LogP contribution in [-0.4, -0.2) is 21.9 Å². The molecule has 7 heteroatoms. The van der Waals surface area contributed by atoms with E-state index in [1.165, 1.54) is 11.8 Å². The lowest BCUT2D eigenvalue weighted by atomic mass is 10.2. The van der Waals surface area contributed by atoms with E-state index < -0.39 is 0 Å². The Labute approximate surface area is 182 Å². The van der Waals surface area contributed by atoms with Crippen LogP contribution in [0, 0.1) is 0 Å². The van der Waals surface area contributed by atoms with Gasteiger partial charge in [-0.15, -0.1) is 0 Å². The molecule has 0 aliphatic heterocycles. The van der Waals surface area contributed by atoms with Gasteiger partial charge in [-0.1, -0.05) is 65.3 Å². The zero-order valence-electron chi connectivity index (χ0n) is 15.2. The molecule has 4 rings (SSSR count). The van der Waals surface area contributed by atoms with E-state index >= 15 is 0 Å². The summed E-state index contributed by atoms with van der Waals surface area (Å²) in [4.78, 5) is 17.8. The van der Waals surface area contributed by atoms with Gasteiger partial charge in [0.25, 0.3) is 5.56 Å². The minimum atomic E-state index is -0.0917. The number of para-hydroxylation sites is 2. The third kappa shape index (κ3) is 4.42. The predicted molar refractivity (Wildman–Crippen MR) is 120 cm³/mol. The predicted octanol–water partition coefficient (Wildman–Crippen LogP) is 5.86. The van der Waals surface area contributed by atoms with Gasteiger partial charge in [-0.25, -0.2) is 4.98 Å². The molecule has 0 bridgehead atoms. The first-order chi connectivity index (χ1) is 14.1. The molecule has 4 aromatic rings. The van der Waals surface area contributed by atoms with Crippen molar-refractivity contribution in [2.75, 3.05) is 12.4 Å². The number of thioether (sulfide) groups is 1. The molecular formula is C22H16Cl2N2O2S. The van der Waals surface area contributed by atoms with Crippen LogP contribution in [0.3, 0.4) is 0 Å². The summed E-state index contributed by atoms with van der Waals surface area (Å²) in [5, 5.41) is 2.23. The Balaban J connectivity index is 1.60. The lowest BCUT2D eigenvalue weighted by Crippen LogP contribution is -2.22. The smallest absolute Gasteiger partial charge is 0.266 e. The second-order valence-electron chi connectivity index (χ2n) is 6.16. The molecule has 1 aromatic heterocycles. The van der Waals surface area contributed by atoms with Gasteiger partial charge < -0.3 is 4.74 Å². The fourth-order valence-corrected chi connectivity index (χ4v) is 4.18. The van der Waals surface area contributed by atoms with Gasteiger partial charge in [0.1, 0.15) is 5.75 Å². The van der Waals surface area contributed by atoms with Crippen LogP contribution < -0.4 is 10.3 Å². The number of halogens is 2. The maximum Gasteiger partial charge on any atom is 0.266 e. The number of aromatic nitrogens is 2. The standard InChI is InChI=1S/C22H16Cl2N2O2S/c23-15-10-11-20(18(24)14-15)28-12-13-29-22-25-19-9-5-4-8-17(19)21(27)26(22)16-6-2-1-3-7-16/h1-11,14H,12-13H2. The first kappa shape index (κ1) is 19.8. The Morgan fingerprint density at radius 2 is 1.72 bits per heavy atom. The second kappa shape index (κ2) is 8.91. The minimum Gasteiger partial charge on any atom is -0.491 e. The number of hydrogen-bond donors (Lipinski definition) is 0. The fraction of sp³-hybridized carbons (Fsp3) is 0.0909. The van der Waals surface area contributed by atoms with Gasteiger partial charge >= 0.3 is 0 Å². The third-order valence-corrected chi connectivity index (χ3v) is 5.66. The average Bonchev–Trinajstić information content (AvgIpc) is 2.73. The average molecular weight is 443 g/mol. The lowest BCUT2D eigenvalue weighted by Gasteiger charge is -2.13. The normalized spacial score (nSPS) is 11.0. The van der Waals surface area contributed by atoms with E-state index in [1.807, 2.05) is 48.5 Å². The number of benzene rings is 3. The Morgan fingerprint density at radius 3 is 2.52 bits per heavy atom. The summed E-state index contributed by atoms with van der Waals surface area (Å²) in [6, 6.07) is 22.0. The van der Waals surface area contributed by atoms with Crippen molar-refractivity contribution in [1.29, 1.82) is 0 Å². The van der Waals surface area contributed by atoms with Crippen molar-refractivity contribution in [3.05, 3.63) is 93.2 Å². The molecule has 0 spiro atoms. The van der Waals surface area contributed by atoms with E-state index in [4.69, 9.17) is 32.9 Å². The van der Waals surface area contributed by atoms with Gasteiger partial charge in [0, 0.05) is 10.8 Å². The highest BCUT2D eigenvalue weighted by atomic mass is 35.5. The molecule has 0 unspecified atom stereocenters. The quantitative estimate of drug-likeness (QED) is 0.213. The Hall–Kier alpha value is -2.47. The number of ether oxygens (including phenoxy) is 1. The Bertz CT molecular complexity index is 1210. The van der Waals surface area contributed by atoms with Crippen LogP contribution in [0.2, 0.25) is 10.0 Å². The summed E-state index contributed by atoms with van der Waals surface area (Å²) in [5.41, 5.74) is 1.36. The molecule has 0 N–H and O–H groups in total. The molecule has 0 saturated carbocycles. The fourth-order valence-electron chi connectivity index (χ4n) is 2.89. The van der Waals surface area contributed by atoms with Crippen LogP contribution in [0.1, 0.15) is 0 Å². The third-order valence-electron chi connectivity index (χ3n) is 4.23. The summed E-state index contributed by atoms with van der Waals surface area (Å²) in [5.74, 6) is 1.17. The molecule has 0 aliphatic carbocycles. The number of fused-ring (bicyclic) bond motifs is 1. The van der Waals surface area contributed by atoms with Crippen LogP contribution in [0.5, 0.6) is 5.75 Å². The Morgan fingerprint density at radius 1 is 0.966 bits per heavy atom. The van der Waals surface area contributed by atoms with Crippen molar-refractivity contribution in [1.82, 2.24) is 9.55 Å². The van der Waals surface area contributed by atoms with Crippen LogP contribution in [0.25, 0.3) is 16.6 Å². The van der Waals surface area contributed by atoms with Gasteiger partial charge in [-0.2, -0.15) is 0 Å². The molecule has 0 atom stereocenters. The topological polar surface area (TPSA) is 44.1 Å². The molecule has 29 heavy (non-hydrogen) atoms. The highest BCUT2D eigenvalue weighted by Crippen LogP contribution is 2.28. The zero-order valence-corrected chi connectivity index (χ0v) is 17.5. The summed E-state index contributed by atoms with van der Waals surface area (Å²) >= 11 is 13.5. The van der Waals surface area contributed by atoms with E-state index in [0.717, 1.165) is 5.69 Å². The van der Waals surface area contributed by atoms with Crippen molar-refractivity contribution in [2.45, 2.75) is 5.16 Å². The zero-order chi connectivity index (χ0) is 20.2. The summed E-state index contributed by atoms with van der Waals surface area (Å²) < 4.78 is 7.39. The molecule has 0 radical (unpaired) electrons. The lowest BCUT2D eigenvalue weighted by molar-refractivity contribution is 0.344. The maximum atomic E-state index is 13.1. The van der Waals surface area contributed by atoms with E-state index in [0.29, 0.717) is 44.2 Å². The van der Waals surface area contributed by atoms with E-state index in [2.05, 4.69) is 0 Å². The maximum absolute atomic E-state index is 13.1. The van der Waals surface area contributed by atoms with Crippen molar-refractivity contribution in [2.24, 2.45) is 0 Å². The number of hydrogen-bond acceptors (Lipinski definition) is 4. The van der Waals surface area contributed by atoms with Crippen LogP contribution in [0.4, 0.5) is 0 Å². The largest absolute Gasteiger partial charge is 0.491 e. The van der Waals surface area contributed by atoms with Gasteiger partial charge in [-0.3, -0.25) is 9.36 Å². The highest BCUT2D eigenvalue weighted by molar-refractivity contribution is 7.99. The molecular weight excluding hydrogens is 427 g/mol. The van der Waals surface area contributed by atoms with Crippen LogP contribution >= 0.6 is 35.0 Å². The van der Waals surface area contributed by atoms with E-state index in [1.54, 1.807) is 28.8 Å². The molecule has 0 fully saturated rings. The Kier molecular flexibility index (Phi) is 6.09. The van der Waals surface area contributed by atoms with Crippen molar-refractivity contribution >= 4 is 45.9 Å². The molecule has 0 aliphatic rings. The van der Waals surface area contributed by atoms with Crippen LogP contribution in [-0.2, 0) is 0 Å². The van der Waals surface area contributed by atoms with Crippen LogP contribution in [0.15, 0.2) is 82.7 Å². The van der Waals surface area contributed by atoms with Gasteiger partial charge in [0.05, 0.1) is 28.2 Å². The summed E-state index contributed by atoms with van der Waals surface area (Å²) in [6.07, 6.45) is 0. The van der Waals surface area contributed by atoms with Gasteiger partial charge in [0.2, 0.25) is 0 Å². The van der Waals surface area contributed by atoms with Crippen molar-refractivity contribution < 1.29 is 4.74 Å². The summed E-state index contributed by atoms with van der Waals surface area (Å²) in [6.45, 7) is 0.406. The van der Waals surface area contributed by atoms with Crippen molar-refractivity contribution in [3.63, 3.8) is 0 Å². The first-order valence-electron chi connectivity index (χ1n) is 8.91. The van der Waals surface area contributed by atoms with E-state index in [-0.39, 0.29) is 5.56 Å². The summed E-state index contributed by atoms with van der Waals surface area (Å²) in [7, 11) is 0. The first-order valence-corrected chi connectivity index (χ1v) is 10.7. The molecule has 3 aromatic carbocycles. The SMILES string of the molecule is O=c1c2ccccc2nc(SCCOc2ccc(Cl)cc2Cl)n1-c1ccccc1. The molecule has 1 heterocycles. The minimum absolute atomic E-state index is 0.0917. The van der Waals surface area contributed by atoms with Crippen molar-refractivity contribution in [3.8, 4) is 11.4 Å². The monoisotopic (exact) mass is 442 g/mol. The van der Waals surface area contributed by atoms with E-state index in [9.17, 15) is 4.79 Å². The molecule has 4 nitrogen and oxygen atoms in total. The molecule has 146 valence electrons. The highest BCUT2D eigenvalue weighted by Gasteiger charge is 2.13. The molecule has 0 saturated heterocycles.